The molecule has 110 valence electrons. The molecule has 1 fully saturated rings. The molecule has 3 rings (SSSR count). The Balaban J connectivity index is 1.67. The standard InChI is InChI=1S/C20H20N2/c21-14-18-10-8-17(9-11-18)13-20-7-4-12-22(16-20)15-19-5-2-1-3-6-19/h1-3,5-6,8-11,13H,4,7,12,15-16H2. The minimum atomic E-state index is 0.719. The van der Waals surface area contributed by atoms with E-state index in [1.54, 1.807) is 0 Å². The van der Waals surface area contributed by atoms with Gasteiger partial charge < -0.3 is 0 Å². The first-order chi connectivity index (χ1) is 10.8. The zero-order chi connectivity index (χ0) is 15.2. The Bertz CT molecular complexity index is 678. The van der Waals surface area contributed by atoms with Crippen LogP contribution in [0.25, 0.3) is 6.08 Å². The zero-order valence-electron chi connectivity index (χ0n) is 12.7. The summed E-state index contributed by atoms with van der Waals surface area (Å²) in [7, 11) is 0. The fourth-order valence-corrected chi connectivity index (χ4v) is 2.96. The van der Waals surface area contributed by atoms with E-state index in [0.29, 0.717) is 0 Å². The molecule has 0 saturated carbocycles. The van der Waals surface area contributed by atoms with Crippen LogP contribution in [0.3, 0.4) is 0 Å². The van der Waals surface area contributed by atoms with Gasteiger partial charge in [0.2, 0.25) is 0 Å². The van der Waals surface area contributed by atoms with Gasteiger partial charge >= 0.3 is 0 Å². The average molecular weight is 288 g/mol. The van der Waals surface area contributed by atoms with Gasteiger partial charge in [0.15, 0.2) is 0 Å². The molecule has 0 aromatic heterocycles. The summed E-state index contributed by atoms with van der Waals surface area (Å²) < 4.78 is 0. The Hall–Kier alpha value is -2.37. The van der Waals surface area contributed by atoms with E-state index in [-0.39, 0.29) is 0 Å². The molecule has 2 aromatic rings. The molecule has 0 atom stereocenters. The number of nitriles is 1. The van der Waals surface area contributed by atoms with Crippen molar-refractivity contribution in [1.29, 1.82) is 5.26 Å². The van der Waals surface area contributed by atoms with Gasteiger partial charge in [-0.1, -0.05) is 54.1 Å². The smallest absolute Gasteiger partial charge is 0.0991 e. The topological polar surface area (TPSA) is 27.0 Å². The van der Waals surface area contributed by atoms with Crippen LogP contribution in [0.15, 0.2) is 60.2 Å². The van der Waals surface area contributed by atoms with Crippen LogP contribution >= 0.6 is 0 Å². The second kappa shape index (κ2) is 7.06. The maximum absolute atomic E-state index is 8.85. The first-order valence-corrected chi connectivity index (χ1v) is 7.79. The molecule has 0 unspecified atom stereocenters. The van der Waals surface area contributed by atoms with Crippen LogP contribution in [0.1, 0.15) is 29.5 Å². The van der Waals surface area contributed by atoms with Crippen molar-refractivity contribution in [2.75, 3.05) is 13.1 Å². The number of hydrogen-bond acceptors (Lipinski definition) is 2. The second-order valence-electron chi connectivity index (χ2n) is 5.84. The summed E-state index contributed by atoms with van der Waals surface area (Å²) in [4.78, 5) is 2.51. The highest BCUT2D eigenvalue weighted by molar-refractivity contribution is 5.54. The van der Waals surface area contributed by atoms with Gasteiger partial charge in [0.05, 0.1) is 11.6 Å². The van der Waals surface area contributed by atoms with E-state index in [0.717, 1.165) is 18.7 Å². The monoisotopic (exact) mass is 288 g/mol. The summed E-state index contributed by atoms with van der Waals surface area (Å²) in [6.07, 6.45) is 4.67. The predicted molar refractivity (Wildman–Crippen MR) is 90.1 cm³/mol. The van der Waals surface area contributed by atoms with E-state index >= 15 is 0 Å². The lowest BCUT2D eigenvalue weighted by atomic mass is 10.0. The minimum absolute atomic E-state index is 0.719. The van der Waals surface area contributed by atoms with Crippen LogP contribution in [0.5, 0.6) is 0 Å². The van der Waals surface area contributed by atoms with Crippen molar-refractivity contribution in [2.45, 2.75) is 19.4 Å². The molecule has 1 aliphatic rings. The van der Waals surface area contributed by atoms with E-state index in [2.05, 4.69) is 47.4 Å². The summed E-state index contributed by atoms with van der Waals surface area (Å²) in [5.41, 5.74) is 4.76. The minimum Gasteiger partial charge on any atom is -0.295 e. The zero-order valence-corrected chi connectivity index (χ0v) is 12.7. The maximum atomic E-state index is 8.85. The van der Waals surface area contributed by atoms with Crippen LogP contribution in [0.4, 0.5) is 0 Å². The largest absolute Gasteiger partial charge is 0.295 e. The maximum Gasteiger partial charge on any atom is 0.0991 e. The number of likely N-dealkylation sites (tertiary alicyclic amines) is 1. The van der Waals surface area contributed by atoms with Crippen LogP contribution in [0, 0.1) is 11.3 Å². The van der Waals surface area contributed by atoms with Gasteiger partial charge in [-0.25, -0.2) is 0 Å². The van der Waals surface area contributed by atoms with Crippen molar-refractivity contribution in [2.24, 2.45) is 0 Å². The third-order valence-corrected chi connectivity index (χ3v) is 4.06. The lowest BCUT2D eigenvalue weighted by Crippen LogP contribution is -2.30. The second-order valence-corrected chi connectivity index (χ2v) is 5.84. The highest BCUT2D eigenvalue weighted by atomic mass is 15.1. The Kier molecular flexibility index (Phi) is 4.68. The Labute approximate surface area is 132 Å². The molecule has 2 aromatic carbocycles. The van der Waals surface area contributed by atoms with Crippen LogP contribution in [-0.4, -0.2) is 18.0 Å². The molecule has 2 heteroatoms. The Morgan fingerprint density at radius 3 is 2.55 bits per heavy atom. The van der Waals surface area contributed by atoms with Crippen molar-refractivity contribution in [3.63, 3.8) is 0 Å². The molecule has 1 aliphatic heterocycles. The quantitative estimate of drug-likeness (QED) is 0.844. The number of hydrogen-bond donors (Lipinski definition) is 0. The molecular weight excluding hydrogens is 268 g/mol. The van der Waals surface area contributed by atoms with Crippen LogP contribution < -0.4 is 0 Å². The fourth-order valence-electron chi connectivity index (χ4n) is 2.96. The third kappa shape index (κ3) is 3.84. The molecule has 0 bridgehead atoms. The molecule has 0 radical (unpaired) electrons. The molecule has 0 spiro atoms. The van der Waals surface area contributed by atoms with Gasteiger partial charge in [-0.3, -0.25) is 4.90 Å². The molecule has 0 aliphatic carbocycles. The van der Waals surface area contributed by atoms with E-state index in [9.17, 15) is 0 Å². The summed E-state index contributed by atoms with van der Waals surface area (Å²) in [5, 5.41) is 8.85. The molecule has 1 saturated heterocycles. The van der Waals surface area contributed by atoms with Gasteiger partial charge in [-0.05, 0) is 42.6 Å². The van der Waals surface area contributed by atoms with Crippen molar-refractivity contribution in [3.8, 4) is 6.07 Å². The number of benzene rings is 2. The summed E-state index contributed by atoms with van der Waals surface area (Å²) in [6, 6.07) is 20.7. The SMILES string of the molecule is N#Cc1ccc(C=C2CCCN(Cc3ccccc3)C2)cc1. The van der Waals surface area contributed by atoms with E-state index in [1.807, 2.05) is 24.3 Å². The molecule has 2 nitrogen and oxygen atoms in total. The average Bonchev–Trinajstić information content (AvgIpc) is 2.57. The Morgan fingerprint density at radius 2 is 1.82 bits per heavy atom. The van der Waals surface area contributed by atoms with Crippen molar-refractivity contribution >= 4 is 6.08 Å². The number of nitrogens with zero attached hydrogens (tertiary/aromatic N) is 2. The van der Waals surface area contributed by atoms with Gasteiger partial charge in [-0.2, -0.15) is 5.26 Å². The first-order valence-electron chi connectivity index (χ1n) is 7.79. The highest BCUT2D eigenvalue weighted by Gasteiger charge is 2.14. The Morgan fingerprint density at radius 1 is 1.05 bits per heavy atom. The van der Waals surface area contributed by atoms with E-state index in [1.165, 1.54) is 36.1 Å². The highest BCUT2D eigenvalue weighted by Crippen LogP contribution is 2.20. The van der Waals surface area contributed by atoms with E-state index < -0.39 is 0 Å². The predicted octanol–water partition coefficient (Wildman–Crippen LogP) is 4.24. The first kappa shape index (κ1) is 14.6. The molecule has 22 heavy (non-hydrogen) atoms. The summed E-state index contributed by atoms with van der Waals surface area (Å²) in [5.74, 6) is 0. The van der Waals surface area contributed by atoms with Crippen LogP contribution in [0.2, 0.25) is 0 Å². The lowest BCUT2D eigenvalue weighted by molar-refractivity contribution is 0.259. The summed E-state index contributed by atoms with van der Waals surface area (Å²) >= 11 is 0. The van der Waals surface area contributed by atoms with Gasteiger partial charge in [-0.15, -0.1) is 0 Å². The van der Waals surface area contributed by atoms with Gasteiger partial charge in [0.25, 0.3) is 0 Å². The van der Waals surface area contributed by atoms with Crippen molar-refractivity contribution in [3.05, 3.63) is 76.9 Å². The van der Waals surface area contributed by atoms with Crippen molar-refractivity contribution in [1.82, 2.24) is 4.90 Å². The normalized spacial score (nSPS) is 17.3. The van der Waals surface area contributed by atoms with Gasteiger partial charge in [0, 0.05) is 13.1 Å². The molecule has 0 amide bonds. The number of rotatable bonds is 3. The molecule has 0 N–H and O–H groups in total. The van der Waals surface area contributed by atoms with Crippen LogP contribution in [-0.2, 0) is 6.54 Å². The van der Waals surface area contributed by atoms with Gasteiger partial charge in [0.1, 0.15) is 0 Å². The van der Waals surface area contributed by atoms with Crippen molar-refractivity contribution < 1.29 is 0 Å². The van der Waals surface area contributed by atoms with E-state index in [4.69, 9.17) is 5.26 Å². The number of piperidine rings is 1. The summed E-state index contributed by atoms with van der Waals surface area (Å²) in [6.45, 7) is 3.22. The third-order valence-electron chi connectivity index (χ3n) is 4.06. The fraction of sp³-hybridized carbons (Fsp3) is 0.250. The molecular formula is C20H20N2. The lowest BCUT2D eigenvalue weighted by Gasteiger charge is -2.28. The molecule has 1 heterocycles.